The minimum Gasteiger partial charge on any atom is -0.496 e. The number of methoxy groups -OCH3 is 1. The molecule has 2 aromatic rings. The fraction of sp³-hybridized carbons (Fsp3) is 0.167. The lowest BCUT2D eigenvalue weighted by Crippen LogP contribution is -1.96. The predicted molar refractivity (Wildman–Crippen MR) is 69.1 cm³/mol. The van der Waals surface area contributed by atoms with E-state index in [0.29, 0.717) is 0 Å². The number of aromatic amines is 1. The fourth-order valence-corrected chi connectivity index (χ4v) is 1.56. The van der Waals surface area contributed by atoms with Crippen LogP contribution in [-0.2, 0) is 0 Å². The predicted octanol–water partition coefficient (Wildman–Crippen LogP) is 1.49. The van der Waals surface area contributed by atoms with Gasteiger partial charge in [0.05, 0.1) is 7.11 Å². The molecule has 0 bridgehead atoms. The number of allylic oxidation sites excluding steroid dienone is 1. The van der Waals surface area contributed by atoms with E-state index >= 15 is 0 Å². The van der Waals surface area contributed by atoms with E-state index in [2.05, 4.69) is 25.9 Å². The topological polar surface area (TPSA) is 99.5 Å². The van der Waals surface area contributed by atoms with Crippen molar-refractivity contribution in [3.63, 3.8) is 0 Å². The molecule has 0 amide bonds. The highest BCUT2D eigenvalue weighted by atomic mass is 16.5. The summed E-state index contributed by atoms with van der Waals surface area (Å²) in [7, 11) is 1.61. The number of tetrazole rings is 1. The normalized spacial score (nSPS) is 10.9. The molecule has 0 aliphatic carbocycles. The second-order valence-corrected chi connectivity index (χ2v) is 3.68. The summed E-state index contributed by atoms with van der Waals surface area (Å²) in [5, 5.41) is 25.3. The van der Waals surface area contributed by atoms with E-state index in [9.17, 15) is 0 Å². The Morgan fingerprint density at radius 1 is 1.53 bits per heavy atom. The number of H-pyrrole nitrogens is 1. The van der Waals surface area contributed by atoms with Crippen molar-refractivity contribution in [3.8, 4) is 11.8 Å². The first kappa shape index (κ1) is 12.6. The summed E-state index contributed by atoms with van der Waals surface area (Å²) in [6.45, 7) is 1.93. The number of hydrogen-bond donors (Lipinski definition) is 2. The molecule has 0 unspecified atom stereocenters. The molecule has 96 valence electrons. The van der Waals surface area contributed by atoms with Crippen LogP contribution in [0.2, 0.25) is 0 Å². The molecule has 0 aliphatic heterocycles. The monoisotopic (exact) mass is 256 g/mol. The van der Waals surface area contributed by atoms with E-state index < -0.39 is 0 Å². The summed E-state index contributed by atoms with van der Waals surface area (Å²) >= 11 is 0. The SMILES string of the molecule is COc1cccc(NC=C(C#N)c2nn[nH]n2)c1C. The molecule has 0 radical (unpaired) electrons. The van der Waals surface area contributed by atoms with Crippen molar-refractivity contribution in [2.45, 2.75) is 6.92 Å². The van der Waals surface area contributed by atoms with Crippen molar-refractivity contribution in [3.05, 3.63) is 35.8 Å². The van der Waals surface area contributed by atoms with Gasteiger partial charge in [0, 0.05) is 17.5 Å². The first-order valence-electron chi connectivity index (χ1n) is 5.50. The standard InChI is InChI=1S/C12H12N6O/c1-8-10(4-3-5-11(8)19-2)14-7-9(6-13)12-15-17-18-16-12/h3-5,7,14H,1-2H3,(H,15,16,17,18). The molecule has 2 N–H and O–H groups in total. The van der Waals surface area contributed by atoms with Crippen molar-refractivity contribution in [2.24, 2.45) is 0 Å². The molecule has 2 rings (SSSR count). The molecule has 19 heavy (non-hydrogen) atoms. The molecule has 0 saturated carbocycles. The molecule has 0 atom stereocenters. The quantitative estimate of drug-likeness (QED) is 0.804. The first-order valence-corrected chi connectivity index (χ1v) is 5.50. The average molecular weight is 256 g/mol. The summed E-state index contributed by atoms with van der Waals surface area (Å²) in [5.74, 6) is 1.02. The molecule has 1 aromatic heterocycles. The van der Waals surface area contributed by atoms with E-state index in [1.165, 1.54) is 6.20 Å². The summed E-state index contributed by atoms with van der Waals surface area (Å²) in [6.07, 6.45) is 1.53. The van der Waals surface area contributed by atoms with Crippen LogP contribution >= 0.6 is 0 Å². The molecular weight excluding hydrogens is 244 g/mol. The third-order valence-electron chi connectivity index (χ3n) is 2.58. The molecule has 7 nitrogen and oxygen atoms in total. The van der Waals surface area contributed by atoms with Crippen LogP contribution < -0.4 is 10.1 Å². The third kappa shape index (κ3) is 2.69. The van der Waals surface area contributed by atoms with Crippen LogP contribution in [0.5, 0.6) is 5.75 Å². The van der Waals surface area contributed by atoms with Crippen molar-refractivity contribution in [1.29, 1.82) is 5.26 Å². The number of nitrogens with one attached hydrogen (secondary N) is 2. The maximum absolute atomic E-state index is 9.04. The minimum atomic E-state index is 0.246. The van der Waals surface area contributed by atoms with Crippen LogP contribution in [0.3, 0.4) is 0 Å². The van der Waals surface area contributed by atoms with Gasteiger partial charge >= 0.3 is 0 Å². The van der Waals surface area contributed by atoms with E-state index in [1.54, 1.807) is 7.11 Å². The van der Waals surface area contributed by atoms with Crippen LogP contribution in [0.25, 0.3) is 5.57 Å². The second-order valence-electron chi connectivity index (χ2n) is 3.68. The van der Waals surface area contributed by atoms with Gasteiger partial charge in [0.15, 0.2) is 0 Å². The number of benzene rings is 1. The highest BCUT2D eigenvalue weighted by Crippen LogP contribution is 2.25. The van der Waals surface area contributed by atoms with E-state index in [1.807, 2.05) is 31.2 Å². The Kier molecular flexibility index (Phi) is 3.73. The zero-order chi connectivity index (χ0) is 13.7. The Labute approximate surface area is 109 Å². The van der Waals surface area contributed by atoms with Crippen LogP contribution in [0.15, 0.2) is 24.4 Å². The maximum Gasteiger partial charge on any atom is 0.216 e. The van der Waals surface area contributed by atoms with Crippen molar-refractivity contribution in [2.75, 3.05) is 12.4 Å². The number of hydrogen-bond acceptors (Lipinski definition) is 6. The van der Waals surface area contributed by atoms with Gasteiger partial charge in [-0.15, -0.1) is 10.2 Å². The number of rotatable bonds is 4. The third-order valence-corrected chi connectivity index (χ3v) is 2.58. The Morgan fingerprint density at radius 2 is 2.37 bits per heavy atom. The average Bonchev–Trinajstić information content (AvgIpc) is 2.95. The Bertz CT molecular complexity index is 626. The van der Waals surface area contributed by atoms with Crippen molar-refractivity contribution in [1.82, 2.24) is 20.6 Å². The van der Waals surface area contributed by atoms with Gasteiger partial charge in [-0.05, 0) is 24.3 Å². The highest BCUT2D eigenvalue weighted by Gasteiger charge is 2.07. The Balaban J connectivity index is 2.25. The molecule has 1 aromatic carbocycles. The molecular formula is C12H12N6O. The largest absolute Gasteiger partial charge is 0.496 e. The number of aromatic nitrogens is 4. The molecule has 0 spiro atoms. The smallest absolute Gasteiger partial charge is 0.216 e. The summed E-state index contributed by atoms with van der Waals surface area (Å²) < 4.78 is 5.23. The zero-order valence-electron chi connectivity index (χ0n) is 10.5. The van der Waals surface area contributed by atoms with Crippen LogP contribution in [-0.4, -0.2) is 27.7 Å². The van der Waals surface area contributed by atoms with Crippen LogP contribution in [0, 0.1) is 18.3 Å². The van der Waals surface area contributed by atoms with Gasteiger partial charge in [0.25, 0.3) is 0 Å². The maximum atomic E-state index is 9.04. The van der Waals surface area contributed by atoms with Gasteiger partial charge in [-0.25, -0.2) is 0 Å². The van der Waals surface area contributed by atoms with Gasteiger partial charge in [-0.3, -0.25) is 0 Å². The van der Waals surface area contributed by atoms with Crippen molar-refractivity contribution < 1.29 is 4.74 Å². The lowest BCUT2D eigenvalue weighted by molar-refractivity contribution is 0.412. The molecule has 0 aliphatic rings. The van der Waals surface area contributed by atoms with Gasteiger partial charge in [-0.1, -0.05) is 6.07 Å². The lowest BCUT2D eigenvalue weighted by Gasteiger charge is -2.09. The highest BCUT2D eigenvalue weighted by molar-refractivity contribution is 5.74. The Morgan fingerprint density at radius 3 is 3.00 bits per heavy atom. The number of anilines is 1. The first-order chi connectivity index (χ1) is 9.26. The van der Waals surface area contributed by atoms with Gasteiger partial charge < -0.3 is 10.1 Å². The fourth-order valence-electron chi connectivity index (χ4n) is 1.56. The van der Waals surface area contributed by atoms with Gasteiger partial charge in [0.1, 0.15) is 17.4 Å². The second kappa shape index (κ2) is 5.64. The van der Waals surface area contributed by atoms with Crippen LogP contribution in [0.1, 0.15) is 11.4 Å². The number of nitriles is 1. The van der Waals surface area contributed by atoms with E-state index in [4.69, 9.17) is 10.00 Å². The summed E-state index contributed by atoms with van der Waals surface area (Å²) in [4.78, 5) is 0. The number of nitrogens with zero attached hydrogens (tertiary/aromatic N) is 4. The van der Waals surface area contributed by atoms with Gasteiger partial charge in [0.2, 0.25) is 5.82 Å². The zero-order valence-corrected chi connectivity index (χ0v) is 10.5. The van der Waals surface area contributed by atoms with Gasteiger partial charge in [-0.2, -0.15) is 10.5 Å². The van der Waals surface area contributed by atoms with Crippen LogP contribution in [0.4, 0.5) is 5.69 Å². The molecule has 1 heterocycles. The molecule has 0 fully saturated rings. The summed E-state index contributed by atoms with van der Waals surface area (Å²) in [5.41, 5.74) is 2.08. The Hall–Kier alpha value is -2.88. The number of ether oxygens (including phenoxy) is 1. The van der Waals surface area contributed by atoms with E-state index in [0.717, 1.165) is 17.0 Å². The van der Waals surface area contributed by atoms with Crippen molar-refractivity contribution >= 4 is 11.3 Å². The summed E-state index contributed by atoms with van der Waals surface area (Å²) in [6, 6.07) is 7.63. The molecule has 0 saturated heterocycles. The minimum absolute atomic E-state index is 0.246. The lowest BCUT2D eigenvalue weighted by atomic mass is 10.2. The van der Waals surface area contributed by atoms with E-state index in [-0.39, 0.29) is 11.4 Å². The molecule has 7 heteroatoms.